The van der Waals surface area contributed by atoms with Gasteiger partial charge in [-0.25, -0.2) is 0 Å². The number of benzene rings is 2. The summed E-state index contributed by atoms with van der Waals surface area (Å²) in [5.41, 5.74) is 1.49. The van der Waals surface area contributed by atoms with Crippen LogP contribution in [0.5, 0.6) is 0 Å². The Morgan fingerprint density at radius 3 is 2.43 bits per heavy atom. The zero-order valence-electron chi connectivity index (χ0n) is 15.5. The van der Waals surface area contributed by atoms with Gasteiger partial charge in [-0.2, -0.15) is 0 Å². The van der Waals surface area contributed by atoms with Crippen molar-refractivity contribution in [2.45, 2.75) is 37.1 Å². The molecular weight excluding hydrogens is 350 g/mol. The molecule has 142 valence electrons. The third-order valence-corrected chi connectivity index (χ3v) is 6.20. The summed E-state index contributed by atoms with van der Waals surface area (Å²) >= 11 is 0. The first-order valence-electron chi connectivity index (χ1n) is 9.80. The van der Waals surface area contributed by atoms with Crippen LogP contribution >= 0.6 is 0 Å². The Hall–Kier alpha value is -2.92. The molecule has 3 heterocycles. The molecule has 0 saturated carbocycles. The Balaban J connectivity index is 1.43. The average molecular weight is 373 g/mol. The molecule has 4 atom stereocenters. The van der Waals surface area contributed by atoms with Crippen LogP contribution < -0.4 is 10.6 Å². The number of nitrogens with zero attached hydrogens (tertiary/aromatic N) is 1. The van der Waals surface area contributed by atoms with Crippen LogP contribution in [0.4, 0.5) is 0 Å². The van der Waals surface area contributed by atoms with Crippen LogP contribution in [-0.2, 0) is 22.7 Å². The second-order valence-electron chi connectivity index (χ2n) is 7.89. The van der Waals surface area contributed by atoms with E-state index in [2.05, 4.69) is 22.8 Å². The Labute approximate surface area is 164 Å². The highest BCUT2D eigenvalue weighted by atomic mass is 16.2. The Morgan fingerprint density at radius 1 is 1.07 bits per heavy atom. The van der Waals surface area contributed by atoms with Gasteiger partial charge in [-0.15, -0.1) is 0 Å². The van der Waals surface area contributed by atoms with Gasteiger partial charge >= 0.3 is 0 Å². The van der Waals surface area contributed by atoms with Gasteiger partial charge < -0.3 is 10.2 Å². The zero-order chi connectivity index (χ0) is 19.1. The fourth-order valence-electron chi connectivity index (χ4n) is 4.94. The number of rotatable bonds is 5. The maximum atomic E-state index is 13.3. The molecular formula is C23H23N3O2. The van der Waals surface area contributed by atoms with Crippen molar-refractivity contribution in [3.8, 4) is 0 Å². The second-order valence-corrected chi connectivity index (χ2v) is 7.89. The predicted molar refractivity (Wildman–Crippen MR) is 106 cm³/mol. The number of hydrogen-bond donors (Lipinski definition) is 2. The number of carbonyl (C=O) groups is 2. The number of fused-ring (bicyclic) bond motifs is 1. The minimum Gasteiger partial charge on any atom is -0.350 e. The van der Waals surface area contributed by atoms with Gasteiger partial charge in [-0.1, -0.05) is 72.8 Å². The fraction of sp³-hybridized carbons (Fsp3) is 0.304. The SMILES string of the molecule is O=C(NCc1ccccc1)[C@@H]1N(Cc2ccccc2)C(=O)[C@H]2C[C@H]3C=C[C@@]21N3. The lowest BCUT2D eigenvalue weighted by Crippen LogP contribution is -2.58. The van der Waals surface area contributed by atoms with E-state index < -0.39 is 11.6 Å². The summed E-state index contributed by atoms with van der Waals surface area (Å²) in [6.07, 6.45) is 4.93. The minimum atomic E-state index is -0.586. The Morgan fingerprint density at radius 2 is 1.75 bits per heavy atom. The number of hydrogen-bond acceptors (Lipinski definition) is 3. The molecule has 2 N–H and O–H groups in total. The molecule has 0 unspecified atom stereocenters. The summed E-state index contributed by atoms with van der Waals surface area (Å²) < 4.78 is 0. The van der Waals surface area contributed by atoms with Gasteiger partial charge in [0, 0.05) is 19.1 Å². The molecule has 5 nitrogen and oxygen atoms in total. The average Bonchev–Trinajstić information content (AvgIpc) is 3.37. The quantitative estimate of drug-likeness (QED) is 0.788. The molecule has 28 heavy (non-hydrogen) atoms. The summed E-state index contributed by atoms with van der Waals surface area (Å²) in [5, 5.41) is 6.60. The summed E-state index contributed by atoms with van der Waals surface area (Å²) in [4.78, 5) is 28.3. The van der Waals surface area contributed by atoms with Crippen LogP contribution in [-0.4, -0.2) is 34.3 Å². The molecule has 2 aromatic carbocycles. The highest BCUT2D eigenvalue weighted by Crippen LogP contribution is 2.48. The molecule has 3 aliphatic heterocycles. The lowest BCUT2D eigenvalue weighted by Gasteiger charge is -2.33. The minimum absolute atomic E-state index is 0.0723. The molecule has 2 bridgehead atoms. The molecule has 3 aliphatic rings. The molecule has 0 aromatic heterocycles. The second kappa shape index (κ2) is 6.60. The van der Waals surface area contributed by atoms with Crippen molar-refractivity contribution in [2.75, 3.05) is 0 Å². The highest BCUT2D eigenvalue weighted by Gasteiger charge is 2.66. The topological polar surface area (TPSA) is 61.4 Å². The van der Waals surface area contributed by atoms with E-state index in [4.69, 9.17) is 0 Å². The lowest BCUT2D eigenvalue weighted by atomic mass is 9.80. The van der Waals surface area contributed by atoms with Crippen molar-refractivity contribution in [3.63, 3.8) is 0 Å². The molecule has 0 aliphatic carbocycles. The molecule has 1 spiro atoms. The van der Waals surface area contributed by atoms with E-state index in [0.29, 0.717) is 13.1 Å². The maximum Gasteiger partial charge on any atom is 0.245 e. The standard InChI is InChI=1S/C23H23N3O2/c27-21(24-14-16-7-3-1-4-8-16)20-23-12-11-18(25-23)13-19(23)22(28)26(20)15-17-9-5-2-6-10-17/h1-12,18-20,25H,13-15H2,(H,24,27)/t18-,19-,20+,23-/m1/s1. The third kappa shape index (κ3) is 2.66. The van der Waals surface area contributed by atoms with Gasteiger partial charge in [-0.05, 0) is 17.5 Å². The van der Waals surface area contributed by atoms with Gasteiger partial charge in [-0.3, -0.25) is 14.9 Å². The first-order valence-corrected chi connectivity index (χ1v) is 9.80. The van der Waals surface area contributed by atoms with E-state index in [-0.39, 0.29) is 23.8 Å². The molecule has 2 aromatic rings. The number of amides is 2. The monoisotopic (exact) mass is 373 g/mol. The van der Waals surface area contributed by atoms with E-state index >= 15 is 0 Å². The largest absolute Gasteiger partial charge is 0.350 e. The van der Waals surface area contributed by atoms with Crippen molar-refractivity contribution in [2.24, 2.45) is 5.92 Å². The Bertz CT molecular complexity index is 927. The summed E-state index contributed by atoms with van der Waals surface area (Å²) in [6.45, 7) is 0.902. The highest BCUT2D eigenvalue weighted by molar-refractivity contribution is 5.96. The summed E-state index contributed by atoms with van der Waals surface area (Å²) in [7, 11) is 0. The molecule has 0 radical (unpaired) electrons. The van der Waals surface area contributed by atoms with Crippen LogP contribution in [0.3, 0.4) is 0 Å². The van der Waals surface area contributed by atoms with E-state index in [1.54, 1.807) is 4.90 Å². The fourth-order valence-corrected chi connectivity index (χ4v) is 4.94. The smallest absolute Gasteiger partial charge is 0.245 e. The molecule has 5 heteroatoms. The van der Waals surface area contributed by atoms with E-state index in [0.717, 1.165) is 17.5 Å². The van der Waals surface area contributed by atoms with Crippen LogP contribution in [0.1, 0.15) is 17.5 Å². The summed E-state index contributed by atoms with van der Waals surface area (Å²) in [5.74, 6) is -0.197. The van der Waals surface area contributed by atoms with E-state index in [1.807, 2.05) is 60.7 Å². The van der Waals surface area contributed by atoms with Crippen LogP contribution in [0.15, 0.2) is 72.8 Å². The Kier molecular flexibility index (Phi) is 4.05. The van der Waals surface area contributed by atoms with Crippen LogP contribution in [0, 0.1) is 5.92 Å². The van der Waals surface area contributed by atoms with Crippen molar-refractivity contribution in [1.29, 1.82) is 0 Å². The van der Waals surface area contributed by atoms with E-state index in [9.17, 15) is 9.59 Å². The van der Waals surface area contributed by atoms with Crippen molar-refractivity contribution in [1.82, 2.24) is 15.5 Å². The molecule has 2 fully saturated rings. The first-order chi connectivity index (χ1) is 13.7. The molecule has 2 saturated heterocycles. The van der Waals surface area contributed by atoms with Crippen molar-refractivity contribution in [3.05, 3.63) is 83.9 Å². The normalized spacial score (nSPS) is 29.9. The van der Waals surface area contributed by atoms with Gasteiger partial charge in [0.2, 0.25) is 11.8 Å². The molecule has 5 rings (SSSR count). The first kappa shape index (κ1) is 17.2. The molecule has 2 amide bonds. The van der Waals surface area contributed by atoms with Crippen LogP contribution in [0.25, 0.3) is 0 Å². The van der Waals surface area contributed by atoms with Gasteiger partial charge in [0.25, 0.3) is 0 Å². The number of nitrogens with one attached hydrogen (secondary N) is 2. The predicted octanol–water partition coefficient (Wildman–Crippen LogP) is 2.00. The number of carbonyl (C=O) groups excluding carboxylic acids is 2. The van der Waals surface area contributed by atoms with Gasteiger partial charge in [0.15, 0.2) is 0 Å². The van der Waals surface area contributed by atoms with Crippen LogP contribution in [0.2, 0.25) is 0 Å². The number of likely N-dealkylation sites (tertiary alicyclic amines) is 1. The maximum absolute atomic E-state index is 13.3. The lowest BCUT2D eigenvalue weighted by molar-refractivity contribution is -0.137. The van der Waals surface area contributed by atoms with Gasteiger partial charge in [0.05, 0.1) is 11.5 Å². The summed E-state index contributed by atoms with van der Waals surface area (Å²) in [6, 6.07) is 19.4. The van der Waals surface area contributed by atoms with Gasteiger partial charge in [0.1, 0.15) is 6.04 Å². The van der Waals surface area contributed by atoms with Crippen molar-refractivity contribution >= 4 is 11.8 Å². The van der Waals surface area contributed by atoms with E-state index in [1.165, 1.54) is 0 Å². The third-order valence-electron chi connectivity index (χ3n) is 6.20. The van der Waals surface area contributed by atoms with Crippen molar-refractivity contribution < 1.29 is 9.59 Å². The zero-order valence-corrected chi connectivity index (χ0v) is 15.5.